The summed E-state index contributed by atoms with van der Waals surface area (Å²) in [5.41, 5.74) is 0.189. The first kappa shape index (κ1) is 13.8. The van der Waals surface area contributed by atoms with Gasteiger partial charge >= 0.3 is 17.2 Å². The number of hydrogen-bond acceptors (Lipinski definition) is 4. The molecule has 17 heavy (non-hydrogen) atoms. The predicted octanol–water partition coefficient (Wildman–Crippen LogP) is 2.82. The summed E-state index contributed by atoms with van der Waals surface area (Å²) in [6.45, 7) is 2.30. The minimum Gasteiger partial charge on any atom is -0.404 e. The summed E-state index contributed by atoms with van der Waals surface area (Å²) >= 11 is 11.9. The van der Waals surface area contributed by atoms with Crippen LogP contribution in [0.2, 0.25) is 5.02 Å². The molecule has 0 amide bonds. The highest BCUT2D eigenvalue weighted by Gasteiger charge is 2.39. The van der Waals surface area contributed by atoms with E-state index in [0.29, 0.717) is 0 Å². The van der Waals surface area contributed by atoms with Gasteiger partial charge in [0.1, 0.15) is 0 Å². The fourth-order valence-corrected chi connectivity index (χ4v) is 1.89. The average Bonchev–Trinajstić information content (AvgIpc) is 2.15. The third-order valence-electron chi connectivity index (χ3n) is 1.75. The van der Waals surface area contributed by atoms with Crippen LogP contribution in [0.15, 0.2) is 24.3 Å². The van der Waals surface area contributed by atoms with Gasteiger partial charge in [0, 0.05) is 13.8 Å². The number of esters is 2. The van der Waals surface area contributed by atoms with E-state index in [0.717, 1.165) is 13.8 Å². The van der Waals surface area contributed by atoms with Crippen LogP contribution in [0.4, 0.5) is 0 Å². The van der Waals surface area contributed by atoms with Gasteiger partial charge < -0.3 is 9.47 Å². The van der Waals surface area contributed by atoms with Gasteiger partial charge in [-0.05, 0) is 23.7 Å². The molecular formula is C11H10Cl2O4. The van der Waals surface area contributed by atoms with E-state index in [2.05, 4.69) is 0 Å². The number of alkyl halides is 1. The highest BCUT2D eigenvalue weighted by Crippen LogP contribution is 2.36. The molecule has 1 aromatic rings. The molecule has 0 radical (unpaired) electrons. The molecule has 0 aliphatic carbocycles. The number of carbonyl (C=O) groups excluding carboxylic acids is 2. The monoisotopic (exact) mass is 276 g/mol. The normalized spacial score (nSPS) is 10.8. The van der Waals surface area contributed by atoms with Crippen molar-refractivity contribution in [2.24, 2.45) is 0 Å². The first-order valence-electron chi connectivity index (χ1n) is 4.68. The number of ether oxygens (including phenoxy) is 2. The molecule has 0 saturated carbocycles. The fraction of sp³-hybridized carbons (Fsp3) is 0.273. The molecule has 0 aliphatic rings. The Morgan fingerprint density at radius 1 is 1.12 bits per heavy atom. The van der Waals surface area contributed by atoms with Crippen molar-refractivity contribution in [1.82, 2.24) is 0 Å². The van der Waals surface area contributed by atoms with Crippen molar-refractivity contribution in [2.75, 3.05) is 0 Å². The van der Waals surface area contributed by atoms with Crippen molar-refractivity contribution >= 4 is 35.1 Å². The van der Waals surface area contributed by atoms with Crippen LogP contribution in [0.25, 0.3) is 0 Å². The van der Waals surface area contributed by atoms with E-state index in [1.54, 1.807) is 18.2 Å². The van der Waals surface area contributed by atoms with Crippen molar-refractivity contribution in [3.05, 3.63) is 34.9 Å². The predicted molar refractivity (Wildman–Crippen MR) is 62.5 cm³/mol. The maximum absolute atomic E-state index is 11.0. The topological polar surface area (TPSA) is 52.6 Å². The van der Waals surface area contributed by atoms with Crippen LogP contribution in [0.3, 0.4) is 0 Å². The zero-order valence-corrected chi connectivity index (χ0v) is 10.7. The van der Waals surface area contributed by atoms with Crippen LogP contribution >= 0.6 is 23.2 Å². The minimum absolute atomic E-state index is 0.189. The van der Waals surface area contributed by atoms with Crippen molar-refractivity contribution in [2.45, 2.75) is 19.1 Å². The molecule has 1 rings (SSSR count). The number of carbonyl (C=O) groups is 2. The molecule has 0 N–H and O–H groups in total. The maximum Gasteiger partial charge on any atom is 0.367 e. The second-order valence-electron chi connectivity index (χ2n) is 3.20. The molecule has 0 aliphatic heterocycles. The smallest absolute Gasteiger partial charge is 0.367 e. The summed E-state index contributed by atoms with van der Waals surface area (Å²) in [7, 11) is 0. The SMILES string of the molecule is CC(=O)OC(Cl)(OC(C)=O)c1ccccc1Cl. The first-order valence-corrected chi connectivity index (χ1v) is 5.44. The maximum atomic E-state index is 11.0. The van der Waals surface area contributed by atoms with Crippen LogP contribution in [-0.2, 0) is 24.3 Å². The summed E-state index contributed by atoms with van der Waals surface area (Å²) in [5.74, 6) is -1.39. The highest BCUT2D eigenvalue weighted by molar-refractivity contribution is 6.33. The Bertz CT molecular complexity index is 429. The summed E-state index contributed by atoms with van der Waals surface area (Å²) in [4.78, 5) is 22.0. The van der Waals surface area contributed by atoms with E-state index in [1.807, 2.05) is 0 Å². The van der Waals surface area contributed by atoms with Gasteiger partial charge in [0.05, 0.1) is 10.6 Å². The third-order valence-corrected chi connectivity index (χ3v) is 2.43. The van der Waals surface area contributed by atoms with Gasteiger partial charge in [-0.1, -0.05) is 23.7 Å². The molecule has 0 bridgehead atoms. The largest absolute Gasteiger partial charge is 0.404 e. The van der Waals surface area contributed by atoms with Crippen LogP contribution in [0.1, 0.15) is 19.4 Å². The molecule has 92 valence electrons. The van der Waals surface area contributed by atoms with Crippen molar-refractivity contribution < 1.29 is 19.1 Å². The highest BCUT2D eigenvalue weighted by atomic mass is 35.5. The number of hydrogen-bond donors (Lipinski definition) is 0. The van der Waals surface area contributed by atoms with E-state index in [1.165, 1.54) is 6.07 Å². The lowest BCUT2D eigenvalue weighted by molar-refractivity contribution is -0.200. The van der Waals surface area contributed by atoms with Crippen LogP contribution in [0.5, 0.6) is 0 Å². The second kappa shape index (κ2) is 5.38. The average molecular weight is 277 g/mol. The Kier molecular flexibility index (Phi) is 4.37. The van der Waals surface area contributed by atoms with Gasteiger partial charge in [-0.25, -0.2) is 0 Å². The van der Waals surface area contributed by atoms with Gasteiger partial charge in [-0.2, -0.15) is 0 Å². The Morgan fingerprint density at radius 3 is 2.00 bits per heavy atom. The lowest BCUT2D eigenvalue weighted by Crippen LogP contribution is -2.31. The zero-order valence-electron chi connectivity index (χ0n) is 9.20. The molecule has 4 nitrogen and oxygen atoms in total. The van der Waals surface area contributed by atoms with Gasteiger partial charge in [-0.15, -0.1) is 0 Å². The van der Waals surface area contributed by atoms with Crippen LogP contribution < -0.4 is 0 Å². The van der Waals surface area contributed by atoms with Gasteiger partial charge in [0.25, 0.3) is 0 Å². The minimum atomic E-state index is -2.03. The van der Waals surface area contributed by atoms with E-state index in [9.17, 15) is 9.59 Å². The summed E-state index contributed by atoms with van der Waals surface area (Å²) in [5, 5.41) is -1.80. The standard InChI is InChI=1S/C11H10Cl2O4/c1-7(14)16-11(13,17-8(2)15)9-5-3-4-6-10(9)12/h3-6H,1-2H3. The van der Waals surface area contributed by atoms with Crippen LogP contribution in [-0.4, -0.2) is 11.9 Å². The van der Waals surface area contributed by atoms with Crippen molar-refractivity contribution in [3.63, 3.8) is 0 Å². The lowest BCUT2D eigenvalue weighted by atomic mass is 10.2. The summed E-state index contributed by atoms with van der Waals surface area (Å²) in [6, 6.07) is 6.35. The Hall–Kier alpha value is -1.26. The van der Waals surface area contributed by atoms with Gasteiger partial charge in [-0.3, -0.25) is 9.59 Å². The van der Waals surface area contributed by atoms with Crippen molar-refractivity contribution in [1.29, 1.82) is 0 Å². The third kappa shape index (κ3) is 3.61. The molecular weight excluding hydrogens is 267 g/mol. The molecule has 0 fully saturated rings. The number of halogens is 2. The Morgan fingerprint density at radius 2 is 1.59 bits per heavy atom. The van der Waals surface area contributed by atoms with Crippen LogP contribution in [0, 0.1) is 0 Å². The molecule has 0 atom stereocenters. The molecule has 0 heterocycles. The number of benzene rings is 1. The summed E-state index contributed by atoms with van der Waals surface area (Å²) < 4.78 is 9.63. The Balaban J connectivity index is 3.18. The van der Waals surface area contributed by atoms with E-state index in [-0.39, 0.29) is 10.6 Å². The second-order valence-corrected chi connectivity index (χ2v) is 4.11. The molecule has 6 heteroatoms. The summed E-state index contributed by atoms with van der Waals surface area (Å²) in [6.07, 6.45) is 0. The molecule has 0 unspecified atom stereocenters. The van der Waals surface area contributed by atoms with Gasteiger partial charge in [0.15, 0.2) is 0 Å². The molecule has 0 saturated heterocycles. The molecule has 0 aromatic heterocycles. The molecule has 1 aromatic carbocycles. The Labute approximate surface area is 108 Å². The first-order chi connectivity index (χ1) is 7.85. The van der Waals surface area contributed by atoms with Gasteiger partial charge in [0.2, 0.25) is 0 Å². The van der Waals surface area contributed by atoms with E-state index in [4.69, 9.17) is 32.7 Å². The molecule has 0 spiro atoms. The zero-order chi connectivity index (χ0) is 13.1. The quantitative estimate of drug-likeness (QED) is 0.484. The fourth-order valence-electron chi connectivity index (χ4n) is 1.20. The van der Waals surface area contributed by atoms with E-state index < -0.39 is 17.2 Å². The lowest BCUT2D eigenvalue weighted by Gasteiger charge is -2.26. The van der Waals surface area contributed by atoms with E-state index >= 15 is 0 Å². The number of rotatable bonds is 3. The van der Waals surface area contributed by atoms with Crippen molar-refractivity contribution in [3.8, 4) is 0 Å².